The molecule has 1 aromatic rings. The van der Waals surface area contributed by atoms with Crippen LogP contribution in [0.25, 0.3) is 0 Å². The molecule has 4 heteroatoms. The van der Waals surface area contributed by atoms with Gasteiger partial charge in [0, 0.05) is 18.4 Å². The van der Waals surface area contributed by atoms with Gasteiger partial charge in [-0.05, 0) is 31.6 Å². The molecule has 0 aromatic carbocycles. The van der Waals surface area contributed by atoms with Gasteiger partial charge in [0.2, 0.25) is 0 Å². The van der Waals surface area contributed by atoms with Crippen LogP contribution in [-0.2, 0) is 6.54 Å². The summed E-state index contributed by atoms with van der Waals surface area (Å²) in [5.41, 5.74) is -0.359. The summed E-state index contributed by atoms with van der Waals surface area (Å²) < 4.78 is 2.01. The lowest BCUT2D eigenvalue weighted by atomic mass is 9.94. The van der Waals surface area contributed by atoms with Crippen molar-refractivity contribution >= 4 is 0 Å². The SMILES string of the molecule is N#CC(Cn1ccnc1)(NC1CC1)C1CC1. The Labute approximate surface area is 95.3 Å². The number of hydrogen-bond donors (Lipinski definition) is 1. The fourth-order valence-corrected chi connectivity index (χ4v) is 2.29. The van der Waals surface area contributed by atoms with Gasteiger partial charge in [0.1, 0.15) is 5.54 Å². The van der Waals surface area contributed by atoms with Gasteiger partial charge in [-0.25, -0.2) is 4.98 Å². The summed E-state index contributed by atoms with van der Waals surface area (Å²) in [6.45, 7) is 0.727. The third kappa shape index (κ3) is 1.83. The molecule has 0 bridgehead atoms. The number of rotatable bonds is 5. The first-order valence-corrected chi connectivity index (χ1v) is 5.97. The first-order chi connectivity index (χ1) is 7.82. The number of imidazole rings is 1. The van der Waals surface area contributed by atoms with E-state index in [-0.39, 0.29) is 5.54 Å². The van der Waals surface area contributed by atoms with Crippen molar-refractivity contribution in [3.8, 4) is 6.07 Å². The molecule has 4 nitrogen and oxygen atoms in total. The van der Waals surface area contributed by atoms with Gasteiger partial charge in [-0.3, -0.25) is 5.32 Å². The summed E-state index contributed by atoms with van der Waals surface area (Å²) in [5.74, 6) is 0.528. The van der Waals surface area contributed by atoms with Crippen LogP contribution in [-0.4, -0.2) is 21.1 Å². The first kappa shape index (κ1) is 9.86. The molecule has 0 amide bonds. The van der Waals surface area contributed by atoms with Gasteiger partial charge in [0.25, 0.3) is 0 Å². The molecule has 2 aliphatic carbocycles. The van der Waals surface area contributed by atoms with E-state index in [0.717, 1.165) is 6.54 Å². The Morgan fingerprint density at radius 2 is 2.25 bits per heavy atom. The second-order valence-electron chi connectivity index (χ2n) is 5.01. The molecule has 1 unspecified atom stereocenters. The molecule has 1 atom stereocenters. The standard InChI is InChI=1S/C12H16N4/c13-7-12(10-1-2-10,15-11-3-4-11)8-16-6-5-14-9-16/h5-6,9-11,15H,1-4,8H2. The Morgan fingerprint density at radius 3 is 2.75 bits per heavy atom. The molecule has 16 heavy (non-hydrogen) atoms. The summed E-state index contributed by atoms with van der Waals surface area (Å²) in [5, 5.41) is 13.1. The highest BCUT2D eigenvalue weighted by atomic mass is 15.1. The van der Waals surface area contributed by atoms with E-state index in [0.29, 0.717) is 12.0 Å². The number of nitriles is 1. The van der Waals surface area contributed by atoms with Crippen molar-refractivity contribution in [3.63, 3.8) is 0 Å². The maximum Gasteiger partial charge on any atom is 0.127 e. The average molecular weight is 216 g/mol. The third-order valence-electron chi connectivity index (χ3n) is 3.50. The van der Waals surface area contributed by atoms with Crippen LogP contribution in [0, 0.1) is 17.2 Å². The number of aromatic nitrogens is 2. The van der Waals surface area contributed by atoms with E-state index in [4.69, 9.17) is 0 Å². The number of hydrogen-bond acceptors (Lipinski definition) is 3. The minimum Gasteiger partial charge on any atom is -0.335 e. The predicted molar refractivity (Wildman–Crippen MR) is 59.5 cm³/mol. The fourth-order valence-electron chi connectivity index (χ4n) is 2.29. The van der Waals surface area contributed by atoms with Crippen LogP contribution in [0.3, 0.4) is 0 Å². The van der Waals surface area contributed by atoms with Crippen molar-refractivity contribution in [1.82, 2.24) is 14.9 Å². The van der Waals surface area contributed by atoms with E-state index in [9.17, 15) is 5.26 Å². The molecular weight excluding hydrogens is 200 g/mol. The van der Waals surface area contributed by atoms with Gasteiger partial charge in [-0.2, -0.15) is 5.26 Å². The lowest BCUT2D eigenvalue weighted by Gasteiger charge is -2.28. The van der Waals surface area contributed by atoms with Crippen molar-refractivity contribution in [2.24, 2.45) is 5.92 Å². The molecule has 0 spiro atoms. The lowest BCUT2D eigenvalue weighted by molar-refractivity contribution is 0.314. The normalized spacial score (nSPS) is 23.7. The summed E-state index contributed by atoms with van der Waals surface area (Å²) in [4.78, 5) is 4.04. The Bertz CT molecular complexity index is 397. The van der Waals surface area contributed by atoms with Gasteiger partial charge in [-0.15, -0.1) is 0 Å². The summed E-state index contributed by atoms with van der Waals surface area (Å²) in [7, 11) is 0. The lowest BCUT2D eigenvalue weighted by Crippen LogP contribution is -2.50. The highest BCUT2D eigenvalue weighted by Gasteiger charge is 2.48. The van der Waals surface area contributed by atoms with Crippen LogP contribution in [0.2, 0.25) is 0 Å². The summed E-state index contributed by atoms with van der Waals surface area (Å²) in [6.07, 6.45) is 10.3. The van der Waals surface area contributed by atoms with E-state index >= 15 is 0 Å². The minimum absolute atomic E-state index is 0.359. The van der Waals surface area contributed by atoms with E-state index in [1.54, 1.807) is 12.5 Å². The zero-order chi connectivity index (χ0) is 11.0. The van der Waals surface area contributed by atoms with Crippen molar-refractivity contribution in [2.45, 2.75) is 43.8 Å². The van der Waals surface area contributed by atoms with Crippen molar-refractivity contribution in [1.29, 1.82) is 5.26 Å². The van der Waals surface area contributed by atoms with Gasteiger partial charge < -0.3 is 4.57 Å². The van der Waals surface area contributed by atoms with Crippen LogP contribution < -0.4 is 5.32 Å². The Kier molecular flexibility index (Phi) is 2.22. The molecule has 2 fully saturated rings. The molecule has 1 N–H and O–H groups in total. The molecule has 1 aromatic heterocycles. The Hall–Kier alpha value is -1.34. The topological polar surface area (TPSA) is 53.6 Å². The smallest absolute Gasteiger partial charge is 0.127 e. The van der Waals surface area contributed by atoms with E-state index in [2.05, 4.69) is 16.4 Å². The van der Waals surface area contributed by atoms with Gasteiger partial charge in [0.05, 0.1) is 18.9 Å². The first-order valence-electron chi connectivity index (χ1n) is 5.97. The molecule has 2 saturated carbocycles. The van der Waals surface area contributed by atoms with Gasteiger partial charge in [-0.1, -0.05) is 0 Å². The van der Waals surface area contributed by atoms with Crippen LogP contribution >= 0.6 is 0 Å². The number of nitrogens with one attached hydrogen (secondary N) is 1. The van der Waals surface area contributed by atoms with Crippen molar-refractivity contribution < 1.29 is 0 Å². The molecule has 84 valence electrons. The second kappa shape index (κ2) is 3.60. The maximum atomic E-state index is 9.52. The Morgan fingerprint density at radius 1 is 1.44 bits per heavy atom. The molecule has 1 heterocycles. The molecular formula is C12H16N4. The maximum absolute atomic E-state index is 9.52. The monoisotopic (exact) mass is 216 g/mol. The zero-order valence-corrected chi connectivity index (χ0v) is 9.26. The van der Waals surface area contributed by atoms with Crippen molar-refractivity contribution in [2.75, 3.05) is 0 Å². The van der Waals surface area contributed by atoms with Crippen LogP contribution in [0.1, 0.15) is 25.7 Å². The van der Waals surface area contributed by atoms with E-state index in [1.807, 2.05) is 10.8 Å². The fraction of sp³-hybridized carbons (Fsp3) is 0.667. The molecule has 3 rings (SSSR count). The van der Waals surface area contributed by atoms with Crippen molar-refractivity contribution in [3.05, 3.63) is 18.7 Å². The molecule has 0 radical (unpaired) electrons. The third-order valence-corrected chi connectivity index (χ3v) is 3.50. The average Bonchev–Trinajstić information content (AvgIpc) is 3.19. The summed E-state index contributed by atoms with van der Waals surface area (Å²) >= 11 is 0. The zero-order valence-electron chi connectivity index (χ0n) is 9.26. The van der Waals surface area contributed by atoms with Gasteiger partial charge >= 0.3 is 0 Å². The van der Waals surface area contributed by atoms with Gasteiger partial charge in [0.15, 0.2) is 0 Å². The largest absolute Gasteiger partial charge is 0.335 e. The van der Waals surface area contributed by atoms with Crippen LogP contribution in [0.5, 0.6) is 0 Å². The molecule has 2 aliphatic rings. The Balaban J connectivity index is 1.79. The summed E-state index contributed by atoms with van der Waals surface area (Å²) in [6, 6.07) is 3.10. The van der Waals surface area contributed by atoms with Crippen LogP contribution in [0.4, 0.5) is 0 Å². The quantitative estimate of drug-likeness (QED) is 0.807. The second-order valence-corrected chi connectivity index (χ2v) is 5.01. The van der Waals surface area contributed by atoms with Crippen LogP contribution in [0.15, 0.2) is 18.7 Å². The molecule has 0 aliphatic heterocycles. The van der Waals surface area contributed by atoms with E-state index in [1.165, 1.54) is 25.7 Å². The molecule has 0 saturated heterocycles. The highest BCUT2D eigenvalue weighted by molar-refractivity contribution is 5.17. The number of nitrogens with zero attached hydrogens (tertiary/aromatic N) is 3. The van der Waals surface area contributed by atoms with E-state index < -0.39 is 0 Å². The predicted octanol–water partition coefficient (Wildman–Crippen LogP) is 1.31. The highest BCUT2D eigenvalue weighted by Crippen LogP contribution is 2.42. The minimum atomic E-state index is -0.359.